The predicted molar refractivity (Wildman–Crippen MR) is 109 cm³/mol. The van der Waals surface area contributed by atoms with Crippen LogP contribution in [-0.4, -0.2) is 35.0 Å². The number of aromatic amines is 1. The number of pyridine rings is 1. The fourth-order valence-electron chi connectivity index (χ4n) is 3.93. The number of rotatable bonds is 4. The van der Waals surface area contributed by atoms with Crippen LogP contribution in [0.5, 0.6) is 0 Å². The summed E-state index contributed by atoms with van der Waals surface area (Å²) in [4.78, 5) is 9.08. The summed E-state index contributed by atoms with van der Waals surface area (Å²) in [5, 5.41) is 13.2. The van der Waals surface area contributed by atoms with Crippen LogP contribution in [0, 0.1) is 17.1 Å². The van der Waals surface area contributed by atoms with E-state index in [9.17, 15) is 18.4 Å². The molecule has 1 aliphatic carbocycles. The average molecular weight is 414 g/mol. The number of halogens is 3. The molecule has 0 aliphatic heterocycles. The van der Waals surface area contributed by atoms with Gasteiger partial charge in [0.05, 0.1) is 17.3 Å². The van der Waals surface area contributed by atoms with Gasteiger partial charge >= 0.3 is 0 Å². The van der Waals surface area contributed by atoms with Crippen LogP contribution in [0.3, 0.4) is 0 Å². The molecule has 0 bridgehead atoms. The zero-order valence-corrected chi connectivity index (χ0v) is 16.3. The summed E-state index contributed by atoms with van der Waals surface area (Å²) in [6, 6.07) is 8.25. The minimum atomic E-state index is -3.03. The van der Waals surface area contributed by atoms with Crippen molar-refractivity contribution in [2.24, 2.45) is 5.73 Å². The molecule has 156 valence electrons. The van der Waals surface area contributed by atoms with Crippen molar-refractivity contribution in [3.05, 3.63) is 47.9 Å². The summed E-state index contributed by atoms with van der Waals surface area (Å²) in [7, 11) is 1.72. The lowest BCUT2D eigenvalue weighted by Gasteiger charge is -2.36. The lowest BCUT2D eigenvalue weighted by atomic mass is 9.87. The Morgan fingerprint density at radius 3 is 2.93 bits per heavy atom. The Morgan fingerprint density at radius 2 is 2.17 bits per heavy atom. The molecule has 0 amide bonds. The molecule has 1 fully saturated rings. The Morgan fingerprint density at radius 1 is 1.37 bits per heavy atom. The standard InChI is InChI=1S/C21H21F3N6/c1-30(17-6-2-4-15-13(17)7-9-27-15)20-12(11-25)10-14(22)19(29-20)28-16-5-3-8-21(23,24)18(16)26/h2,4,6-7,9-10,16,18,27H,3,5,8,26H2,1H3,(H,28,29)/t16-,18-/m1/s1. The second-order valence-corrected chi connectivity index (χ2v) is 7.51. The van der Waals surface area contributed by atoms with Gasteiger partial charge in [0.15, 0.2) is 17.5 Å². The van der Waals surface area contributed by atoms with Crippen molar-refractivity contribution in [1.82, 2.24) is 9.97 Å². The van der Waals surface area contributed by atoms with Crippen LogP contribution in [0.2, 0.25) is 0 Å². The first-order valence-corrected chi connectivity index (χ1v) is 9.62. The SMILES string of the molecule is CN(c1nc(N[C@@H]2CCCC(F)(F)[C@@H]2N)c(F)cc1C#N)c1cccc2[nH]ccc12. The normalized spacial score (nSPS) is 20.7. The third-order valence-electron chi connectivity index (χ3n) is 5.60. The molecule has 4 rings (SSSR count). The molecule has 3 aromatic rings. The van der Waals surface area contributed by atoms with Gasteiger partial charge in [-0.3, -0.25) is 0 Å². The van der Waals surface area contributed by atoms with Gasteiger partial charge in [-0.2, -0.15) is 5.26 Å². The highest BCUT2D eigenvalue weighted by Gasteiger charge is 2.45. The maximum absolute atomic E-state index is 14.6. The molecule has 0 radical (unpaired) electrons. The summed E-state index contributed by atoms with van der Waals surface area (Å²) in [5.74, 6) is -3.80. The molecule has 2 aromatic heterocycles. The first-order valence-electron chi connectivity index (χ1n) is 9.62. The van der Waals surface area contributed by atoms with Gasteiger partial charge in [0, 0.05) is 36.6 Å². The number of alkyl halides is 2. The number of hydrogen-bond donors (Lipinski definition) is 3. The van der Waals surface area contributed by atoms with Crippen molar-refractivity contribution in [3.8, 4) is 6.07 Å². The van der Waals surface area contributed by atoms with Gasteiger partial charge in [0.2, 0.25) is 0 Å². The maximum atomic E-state index is 14.6. The molecule has 1 aliphatic rings. The third-order valence-corrected chi connectivity index (χ3v) is 5.60. The Bertz CT molecular complexity index is 1120. The van der Waals surface area contributed by atoms with Crippen LogP contribution in [0.25, 0.3) is 10.9 Å². The van der Waals surface area contributed by atoms with E-state index in [1.165, 1.54) is 0 Å². The van der Waals surface area contributed by atoms with Crippen molar-refractivity contribution >= 4 is 28.2 Å². The molecule has 0 unspecified atom stereocenters. The lowest BCUT2D eigenvalue weighted by molar-refractivity contribution is -0.0555. The summed E-state index contributed by atoms with van der Waals surface area (Å²) >= 11 is 0. The number of hydrogen-bond acceptors (Lipinski definition) is 5. The molecule has 2 atom stereocenters. The molecule has 4 N–H and O–H groups in total. The fraction of sp³-hybridized carbons (Fsp3) is 0.333. The number of nitrogens with two attached hydrogens (primary N) is 1. The first-order chi connectivity index (χ1) is 14.3. The van der Waals surface area contributed by atoms with E-state index in [1.807, 2.05) is 30.3 Å². The predicted octanol–water partition coefficient (Wildman–Crippen LogP) is 4.27. The van der Waals surface area contributed by atoms with Crippen LogP contribution in [0.15, 0.2) is 36.5 Å². The van der Waals surface area contributed by atoms with Crippen molar-refractivity contribution in [2.75, 3.05) is 17.3 Å². The summed E-state index contributed by atoms with van der Waals surface area (Å²) < 4.78 is 42.6. The van der Waals surface area contributed by atoms with Gasteiger partial charge in [-0.25, -0.2) is 18.2 Å². The number of nitriles is 1. The minimum Gasteiger partial charge on any atom is -0.363 e. The van der Waals surface area contributed by atoms with E-state index >= 15 is 0 Å². The molecule has 6 nitrogen and oxygen atoms in total. The number of fused-ring (bicyclic) bond motifs is 1. The topological polar surface area (TPSA) is 93.8 Å². The number of nitrogens with zero attached hydrogens (tertiary/aromatic N) is 3. The highest BCUT2D eigenvalue weighted by molar-refractivity contribution is 5.94. The van der Waals surface area contributed by atoms with Crippen molar-refractivity contribution < 1.29 is 13.2 Å². The Kier molecular flexibility index (Phi) is 5.03. The molecule has 30 heavy (non-hydrogen) atoms. The van der Waals surface area contributed by atoms with Crippen LogP contribution < -0.4 is 16.0 Å². The average Bonchev–Trinajstić information content (AvgIpc) is 3.21. The Labute approximate surface area is 171 Å². The molecule has 1 saturated carbocycles. The second kappa shape index (κ2) is 7.54. The van der Waals surface area contributed by atoms with Gasteiger partial charge in [-0.05, 0) is 37.1 Å². The number of anilines is 3. The van der Waals surface area contributed by atoms with Gasteiger partial charge in [-0.1, -0.05) is 6.07 Å². The third kappa shape index (κ3) is 3.44. The van der Waals surface area contributed by atoms with Crippen LogP contribution in [0.1, 0.15) is 24.8 Å². The second-order valence-electron chi connectivity index (χ2n) is 7.51. The van der Waals surface area contributed by atoms with Gasteiger partial charge in [0.1, 0.15) is 6.07 Å². The summed E-state index contributed by atoms with van der Waals surface area (Å²) in [6.45, 7) is 0. The van der Waals surface area contributed by atoms with Gasteiger partial charge in [0.25, 0.3) is 5.92 Å². The molecule has 0 spiro atoms. The van der Waals surface area contributed by atoms with E-state index in [0.29, 0.717) is 6.42 Å². The fourth-order valence-corrected chi connectivity index (χ4v) is 3.93. The monoisotopic (exact) mass is 414 g/mol. The van der Waals surface area contributed by atoms with E-state index < -0.39 is 23.8 Å². The lowest BCUT2D eigenvalue weighted by Crippen LogP contribution is -2.55. The van der Waals surface area contributed by atoms with Crippen molar-refractivity contribution in [2.45, 2.75) is 37.3 Å². The molecular weight excluding hydrogens is 393 g/mol. The number of aromatic nitrogens is 2. The van der Waals surface area contributed by atoms with Crippen LogP contribution in [-0.2, 0) is 0 Å². The molecule has 1 aromatic carbocycles. The van der Waals surface area contributed by atoms with Gasteiger partial charge in [-0.15, -0.1) is 0 Å². The molecular formula is C21H21F3N6. The zero-order chi connectivity index (χ0) is 21.5. The van der Waals surface area contributed by atoms with E-state index in [-0.39, 0.29) is 30.0 Å². The molecule has 2 heterocycles. The largest absolute Gasteiger partial charge is 0.363 e. The highest BCUT2D eigenvalue weighted by atomic mass is 19.3. The van der Waals surface area contributed by atoms with E-state index in [2.05, 4.69) is 15.3 Å². The quantitative estimate of drug-likeness (QED) is 0.593. The van der Waals surface area contributed by atoms with Gasteiger partial charge < -0.3 is 20.9 Å². The zero-order valence-electron chi connectivity index (χ0n) is 16.3. The Hall–Kier alpha value is -3.25. The van der Waals surface area contributed by atoms with Crippen molar-refractivity contribution in [1.29, 1.82) is 5.26 Å². The number of H-pyrrole nitrogens is 1. The molecule has 0 saturated heterocycles. The minimum absolute atomic E-state index is 0.0337. The Balaban J connectivity index is 1.72. The number of nitrogens with one attached hydrogen (secondary N) is 2. The van der Waals surface area contributed by atoms with Crippen LogP contribution in [0.4, 0.5) is 30.5 Å². The smallest absolute Gasteiger partial charge is 0.264 e. The van der Waals surface area contributed by atoms with Crippen molar-refractivity contribution in [3.63, 3.8) is 0 Å². The van der Waals surface area contributed by atoms with E-state index in [1.54, 1.807) is 18.1 Å². The first kappa shape index (κ1) is 20.0. The summed E-state index contributed by atoms with van der Waals surface area (Å²) in [5.41, 5.74) is 7.41. The van der Waals surface area contributed by atoms with Crippen LogP contribution >= 0.6 is 0 Å². The molecule has 9 heteroatoms. The van der Waals surface area contributed by atoms with E-state index in [0.717, 1.165) is 22.7 Å². The highest BCUT2D eigenvalue weighted by Crippen LogP contribution is 2.36. The number of benzene rings is 1. The van der Waals surface area contributed by atoms with E-state index in [4.69, 9.17) is 5.73 Å². The summed E-state index contributed by atoms with van der Waals surface area (Å²) in [6.07, 6.45) is 2.16. The maximum Gasteiger partial charge on any atom is 0.264 e.